The van der Waals surface area contributed by atoms with E-state index in [-0.39, 0.29) is 0 Å². The second kappa shape index (κ2) is 5.81. The Morgan fingerprint density at radius 2 is 2.12 bits per heavy atom. The molecule has 2 aliphatic rings. The van der Waals surface area contributed by atoms with E-state index in [0.29, 0.717) is 11.8 Å². The highest BCUT2D eigenvalue weighted by Gasteiger charge is 2.31. The second-order valence-electron chi connectivity index (χ2n) is 5.46. The molecule has 2 heteroatoms. The number of rotatable bonds is 3. The van der Waals surface area contributed by atoms with Crippen molar-refractivity contribution in [2.24, 2.45) is 0 Å². The monoisotopic (exact) mass is 223 g/mol. The predicted molar refractivity (Wildman–Crippen MR) is 66.5 cm³/mol. The fourth-order valence-corrected chi connectivity index (χ4v) is 3.43. The van der Waals surface area contributed by atoms with E-state index in [2.05, 4.69) is 11.8 Å². The molecule has 1 heterocycles. The topological polar surface area (TPSA) is 20.3 Å². The van der Waals surface area contributed by atoms with Crippen molar-refractivity contribution in [1.82, 2.24) is 4.90 Å². The normalized spacial score (nSPS) is 32.9. The van der Waals surface area contributed by atoms with Gasteiger partial charge in [-0.1, -0.05) is 19.8 Å². The molecule has 2 atom stereocenters. The van der Waals surface area contributed by atoms with E-state index < -0.39 is 0 Å². The van der Waals surface area contributed by atoms with Crippen LogP contribution in [0.15, 0.2) is 0 Å². The third kappa shape index (κ3) is 2.85. The summed E-state index contributed by atoms with van der Waals surface area (Å²) >= 11 is 0. The molecule has 2 unspecified atom stereocenters. The molecule has 1 aliphatic carbocycles. The summed E-state index contributed by atoms with van der Waals surface area (Å²) in [7, 11) is 0. The van der Waals surface area contributed by atoms with Crippen molar-refractivity contribution < 1.29 is 4.79 Å². The summed E-state index contributed by atoms with van der Waals surface area (Å²) in [4.78, 5) is 14.2. The first-order valence-electron chi connectivity index (χ1n) is 7.08. The smallest absolute Gasteiger partial charge is 0.134 e. The molecule has 0 amide bonds. The number of likely N-dealkylation sites (tertiary alicyclic amines) is 1. The SMILES string of the molecule is CCCC1CCCCN1C1CCCC(=O)C1. The van der Waals surface area contributed by atoms with Crippen LogP contribution in [0.3, 0.4) is 0 Å². The molecule has 0 spiro atoms. The van der Waals surface area contributed by atoms with Gasteiger partial charge in [0.05, 0.1) is 0 Å². The minimum absolute atomic E-state index is 0.497. The lowest BCUT2D eigenvalue weighted by Crippen LogP contribution is -2.48. The number of Topliss-reactive ketones (excluding diaryl/α,β-unsaturated/α-hetero) is 1. The van der Waals surface area contributed by atoms with Crippen molar-refractivity contribution in [3.05, 3.63) is 0 Å². The first-order valence-corrected chi connectivity index (χ1v) is 7.08. The lowest BCUT2D eigenvalue weighted by atomic mass is 9.88. The number of hydrogen-bond acceptors (Lipinski definition) is 2. The van der Waals surface area contributed by atoms with Crippen LogP contribution in [-0.2, 0) is 4.79 Å². The lowest BCUT2D eigenvalue weighted by molar-refractivity contribution is -0.122. The van der Waals surface area contributed by atoms with E-state index in [1.807, 2.05) is 0 Å². The lowest BCUT2D eigenvalue weighted by Gasteiger charge is -2.42. The summed E-state index contributed by atoms with van der Waals surface area (Å²) in [5, 5.41) is 0. The van der Waals surface area contributed by atoms with Crippen LogP contribution >= 0.6 is 0 Å². The van der Waals surface area contributed by atoms with Gasteiger partial charge in [-0.05, 0) is 38.6 Å². The van der Waals surface area contributed by atoms with Crippen molar-refractivity contribution in [2.45, 2.75) is 76.8 Å². The Bertz CT molecular complexity index is 237. The molecule has 92 valence electrons. The molecule has 2 rings (SSSR count). The Balaban J connectivity index is 1.95. The van der Waals surface area contributed by atoms with Gasteiger partial charge in [-0.2, -0.15) is 0 Å². The summed E-state index contributed by atoms with van der Waals surface area (Å²) in [6.45, 7) is 3.52. The Kier molecular flexibility index (Phi) is 4.39. The maximum Gasteiger partial charge on any atom is 0.134 e. The molecular formula is C14H25NO. The molecule has 16 heavy (non-hydrogen) atoms. The van der Waals surface area contributed by atoms with Gasteiger partial charge in [0.25, 0.3) is 0 Å². The highest BCUT2D eigenvalue weighted by atomic mass is 16.1. The standard InChI is InChI=1S/C14H25NO/c1-2-6-12-7-3-4-10-15(12)13-8-5-9-14(16)11-13/h12-13H,2-11H2,1H3. The summed E-state index contributed by atoms with van der Waals surface area (Å²) in [5.41, 5.74) is 0. The zero-order chi connectivity index (χ0) is 11.4. The van der Waals surface area contributed by atoms with Gasteiger partial charge in [0, 0.05) is 24.9 Å². The first kappa shape index (κ1) is 12.1. The summed E-state index contributed by atoms with van der Waals surface area (Å²) < 4.78 is 0. The second-order valence-corrected chi connectivity index (χ2v) is 5.46. The zero-order valence-electron chi connectivity index (χ0n) is 10.6. The van der Waals surface area contributed by atoms with E-state index >= 15 is 0 Å². The van der Waals surface area contributed by atoms with Gasteiger partial charge < -0.3 is 0 Å². The van der Waals surface area contributed by atoms with E-state index in [1.165, 1.54) is 45.1 Å². The number of carbonyl (C=O) groups excluding carboxylic acids is 1. The molecule has 0 aromatic heterocycles. The predicted octanol–water partition coefficient (Wildman–Crippen LogP) is 3.15. The summed E-state index contributed by atoms with van der Waals surface area (Å²) in [6, 6.07) is 1.35. The van der Waals surface area contributed by atoms with Crippen LogP contribution in [0.2, 0.25) is 0 Å². The van der Waals surface area contributed by atoms with Crippen molar-refractivity contribution in [3.63, 3.8) is 0 Å². The van der Waals surface area contributed by atoms with Gasteiger partial charge in [0.15, 0.2) is 0 Å². The van der Waals surface area contributed by atoms with Crippen LogP contribution in [0.5, 0.6) is 0 Å². The van der Waals surface area contributed by atoms with E-state index in [1.54, 1.807) is 0 Å². The Morgan fingerprint density at radius 1 is 1.25 bits per heavy atom. The third-order valence-electron chi connectivity index (χ3n) is 4.22. The molecule has 2 nitrogen and oxygen atoms in total. The first-order chi connectivity index (χ1) is 7.81. The fourth-order valence-electron chi connectivity index (χ4n) is 3.43. The Hall–Kier alpha value is -0.370. The average Bonchev–Trinajstić information content (AvgIpc) is 2.30. The molecule has 0 radical (unpaired) electrons. The largest absolute Gasteiger partial charge is 0.300 e. The van der Waals surface area contributed by atoms with Crippen LogP contribution in [0.4, 0.5) is 0 Å². The maximum atomic E-state index is 11.6. The Morgan fingerprint density at radius 3 is 2.88 bits per heavy atom. The van der Waals surface area contributed by atoms with Crippen LogP contribution in [0.1, 0.15) is 64.7 Å². The minimum Gasteiger partial charge on any atom is -0.300 e. The van der Waals surface area contributed by atoms with Crippen molar-refractivity contribution in [1.29, 1.82) is 0 Å². The number of carbonyl (C=O) groups is 1. The molecule has 1 saturated heterocycles. The molecule has 0 aromatic rings. The van der Waals surface area contributed by atoms with Gasteiger partial charge in [-0.15, -0.1) is 0 Å². The average molecular weight is 223 g/mol. The van der Waals surface area contributed by atoms with Crippen molar-refractivity contribution >= 4 is 5.78 Å². The quantitative estimate of drug-likeness (QED) is 0.732. The van der Waals surface area contributed by atoms with Gasteiger partial charge in [-0.3, -0.25) is 9.69 Å². The van der Waals surface area contributed by atoms with Crippen molar-refractivity contribution in [3.8, 4) is 0 Å². The van der Waals surface area contributed by atoms with E-state index in [4.69, 9.17) is 0 Å². The summed E-state index contributed by atoms with van der Waals surface area (Å²) in [6.07, 6.45) is 10.7. The maximum absolute atomic E-state index is 11.6. The molecular weight excluding hydrogens is 198 g/mol. The van der Waals surface area contributed by atoms with Gasteiger partial charge in [-0.25, -0.2) is 0 Å². The molecule has 1 aliphatic heterocycles. The molecule has 2 fully saturated rings. The van der Waals surface area contributed by atoms with Crippen LogP contribution in [-0.4, -0.2) is 29.3 Å². The summed E-state index contributed by atoms with van der Waals surface area (Å²) in [5.74, 6) is 0.497. The highest BCUT2D eigenvalue weighted by molar-refractivity contribution is 5.79. The van der Waals surface area contributed by atoms with Crippen LogP contribution in [0.25, 0.3) is 0 Å². The van der Waals surface area contributed by atoms with E-state index in [0.717, 1.165) is 25.3 Å². The molecule has 0 N–H and O–H groups in total. The number of piperidine rings is 1. The van der Waals surface area contributed by atoms with Gasteiger partial charge in [0.1, 0.15) is 5.78 Å². The third-order valence-corrected chi connectivity index (χ3v) is 4.22. The van der Waals surface area contributed by atoms with Crippen LogP contribution in [0, 0.1) is 0 Å². The number of hydrogen-bond donors (Lipinski definition) is 0. The molecule has 0 bridgehead atoms. The van der Waals surface area contributed by atoms with Gasteiger partial charge >= 0.3 is 0 Å². The fraction of sp³-hybridized carbons (Fsp3) is 0.929. The van der Waals surface area contributed by atoms with Gasteiger partial charge in [0.2, 0.25) is 0 Å². The van der Waals surface area contributed by atoms with E-state index in [9.17, 15) is 4.79 Å². The number of nitrogens with zero attached hydrogens (tertiary/aromatic N) is 1. The van der Waals surface area contributed by atoms with Crippen molar-refractivity contribution in [2.75, 3.05) is 6.54 Å². The minimum atomic E-state index is 0.497. The molecule has 0 aromatic carbocycles. The van der Waals surface area contributed by atoms with Crippen LogP contribution < -0.4 is 0 Å². The Labute approximate surface area is 99.4 Å². The highest BCUT2D eigenvalue weighted by Crippen LogP contribution is 2.29. The number of ketones is 1. The zero-order valence-corrected chi connectivity index (χ0v) is 10.6. The molecule has 1 saturated carbocycles.